The van der Waals surface area contributed by atoms with E-state index in [0.29, 0.717) is 5.11 Å². The summed E-state index contributed by atoms with van der Waals surface area (Å²) < 4.78 is 0. The van der Waals surface area contributed by atoms with Crippen LogP contribution in [0, 0.1) is 27.7 Å². The molecule has 2 aromatic carbocycles. The molecule has 2 rings (SSSR count). The molecule has 0 bridgehead atoms. The van der Waals surface area contributed by atoms with Crippen molar-refractivity contribution in [2.24, 2.45) is 0 Å². The van der Waals surface area contributed by atoms with E-state index in [0.717, 1.165) is 5.69 Å². The predicted octanol–water partition coefficient (Wildman–Crippen LogP) is 4.97. The second-order valence-corrected chi connectivity index (χ2v) is 6.41. The molecule has 0 saturated heterocycles. The first-order chi connectivity index (χ1) is 10.4. The maximum Gasteiger partial charge on any atom is 0.171 e. The number of anilines is 1. The maximum atomic E-state index is 5.46. The van der Waals surface area contributed by atoms with Crippen LogP contribution in [0.15, 0.2) is 36.4 Å². The summed E-state index contributed by atoms with van der Waals surface area (Å²) in [6, 6.07) is 13.0. The lowest BCUT2D eigenvalue weighted by molar-refractivity contribution is 0.716. The minimum atomic E-state index is 0.172. The highest BCUT2D eigenvalue weighted by atomic mass is 32.1. The van der Waals surface area contributed by atoms with E-state index in [-0.39, 0.29) is 6.04 Å². The molecule has 22 heavy (non-hydrogen) atoms. The van der Waals surface area contributed by atoms with Crippen LogP contribution in [0.5, 0.6) is 0 Å². The monoisotopic (exact) mass is 312 g/mol. The zero-order chi connectivity index (χ0) is 16.3. The van der Waals surface area contributed by atoms with Crippen LogP contribution >= 0.6 is 12.2 Å². The number of thiocarbonyl (C=S) groups is 1. The van der Waals surface area contributed by atoms with Gasteiger partial charge in [-0.2, -0.15) is 0 Å². The van der Waals surface area contributed by atoms with Crippen LogP contribution in [0.4, 0.5) is 5.69 Å². The Morgan fingerprint density at radius 2 is 1.55 bits per heavy atom. The van der Waals surface area contributed by atoms with Gasteiger partial charge in [-0.05, 0) is 69.6 Å². The van der Waals surface area contributed by atoms with Gasteiger partial charge < -0.3 is 10.6 Å². The third kappa shape index (κ3) is 4.08. The molecule has 0 aliphatic heterocycles. The first-order valence-electron chi connectivity index (χ1n) is 7.58. The van der Waals surface area contributed by atoms with E-state index < -0.39 is 0 Å². The van der Waals surface area contributed by atoms with Crippen LogP contribution in [-0.2, 0) is 0 Å². The van der Waals surface area contributed by atoms with Gasteiger partial charge in [0, 0.05) is 5.69 Å². The van der Waals surface area contributed by atoms with Crippen molar-refractivity contribution in [2.45, 2.75) is 40.7 Å². The van der Waals surface area contributed by atoms with Crippen molar-refractivity contribution in [1.29, 1.82) is 0 Å². The fourth-order valence-corrected chi connectivity index (χ4v) is 2.90. The zero-order valence-corrected chi connectivity index (χ0v) is 14.8. The van der Waals surface area contributed by atoms with E-state index in [4.69, 9.17) is 12.2 Å². The van der Waals surface area contributed by atoms with E-state index in [9.17, 15) is 0 Å². The lowest BCUT2D eigenvalue weighted by atomic mass is 10.0. The summed E-state index contributed by atoms with van der Waals surface area (Å²) in [6.07, 6.45) is 0. The second-order valence-electron chi connectivity index (χ2n) is 6.00. The third-order valence-corrected chi connectivity index (χ3v) is 4.10. The van der Waals surface area contributed by atoms with Crippen molar-refractivity contribution in [1.82, 2.24) is 5.32 Å². The van der Waals surface area contributed by atoms with E-state index in [1.165, 1.54) is 27.8 Å². The molecule has 2 N–H and O–H groups in total. The Morgan fingerprint density at radius 1 is 0.909 bits per heavy atom. The van der Waals surface area contributed by atoms with Crippen LogP contribution < -0.4 is 10.6 Å². The number of benzene rings is 2. The van der Waals surface area contributed by atoms with Gasteiger partial charge in [0.1, 0.15) is 0 Å². The molecule has 0 heterocycles. The quantitative estimate of drug-likeness (QED) is 0.783. The first-order valence-corrected chi connectivity index (χ1v) is 7.99. The minimum absolute atomic E-state index is 0.172. The summed E-state index contributed by atoms with van der Waals surface area (Å²) >= 11 is 5.46. The van der Waals surface area contributed by atoms with Gasteiger partial charge in [0.15, 0.2) is 5.11 Å². The molecular formula is C19H24N2S. The average molecular weight is 312 g/mol. The smallest absolute Gasteiger partial charge is 0.171 e. The first kappa shape index (κ1) is 16.5. The Balaban J connectivity index is 2.06. The fourth-order valence-electron chi connectivity index (χ4n) is 2.61. The summed E-state index contributed by atoms with van der Waals surface area (Å²) in [5.74, 6) is 0. The number of aryl methyl sites for hydroxylation is 4. The van der Waals surface area contributed by atoms with Gasteiger partial charge in [-0.3, -0.25) is 0 Å². The number of rotatable bonds is 3. The molecule has 2 aromatic rings. The highest BCUT2D eigenvalue weighted by Gasteiger charge is 2.10. The molecule has 0 fully saturated rings. The SMILES string of the molecule is Cc1ccc(NC(=S)N[C@H](C)c2cc(C)ccc2C)c(C)c1. The topological polar surface area (TPSA) is 24.1 Å². The van der Waals surface area contributed by atoms with Crippen molar-refractivity contribution < 1.29 is 0 Å². The molecule has 0 saturated carbocycles. The highest BCUT2D eigenvalue weighted by molar-refractivity contribution is 7.80. The highest BCUT2D eigenvalue weighted by Crippen LogP contribution is 2.20. The van der Waals surface area contributed by atoms with Crippen LogP contribution in [0.1, 0.15) is 40.8 Å². The van der Waals surface area contributed by atoms with Crippen molar-refractivity contribution in [3.05, 3.63) is 64.2 Å². The molecule has 2 nitrogen and oxygen atoms in total. The van der Waals surface area contributed by atoms with E-state index in [1.807, 2.05) is 0 Å². The van der Waals surface area contributed by atoms with Crippen LogP contribution in [0.25, 0.3) is 0 Å². The Hall–Kier alpha value is -1.87. The third-order valence-electron chi connectivity index (χ3n) is 3.88. The Labute approximate surface area is 139 Å². The number of hydrogen-bond acceptors (Lipinski definition) is 1. The lowest BCUT2D eigenvalue weighted by Gasteiger charge is -2.20. The fraction of sp³-hybridized carbons (Fsp3) is 0.316. The van der Waals surface area contributed by atoms with Gasteiger partial charge in [0.05, 0.1) is 6.04 Å². The van der Waals surface area contributed by atoms with Gasteiger partial charge in [-0.1, -0.05) is 41.5 Å². The number of hydrogen-bond donors (Lipinski definition) is 2. The summed E-state index contributed by atoms with van der Waals surface area (Å²) in [6.45, 7) is 10.6. The average Bonchev–Trinajstić information content (AvgIpc) is 2.44. The Bertz CT molecular complexity index is 692. The molecule has 0 radical (unpaired) electrons. The molecule has 116 valence electrons. The van der Waals surface area contributed by atoms with Crippen molar-refractivity contribution in [3.8, 4) is 0 Å². The maximum absolute atomic E-state index is 5.46. The summed E-state index contributed by atoms with van der Waals surface area (Å²) in [4.78, 5) is 0. The number of nitrogens with one attached hydrogen (secondary N) is 2. The second kappa shape index (κ2) is 6.93. The summed E-state index contributed by atoms with van der Waals surface area (Å²) in [5, 5.41) is 7.32. The van der Waals surface area contributed by atoms with E-state index in [2.05, 4.69) is 81.7 Å². The Kier molecular flexibility index (Phi) is 5.19. The van der Waals surface area contributed by atoms with Gasteiger partial charge in [0.25, 0.3) is 0 Å². The molecule has 0 spiro atoms. The minimum Gasteiger partial charge on any atom is -0.356 e. The lowest BCUT2D eigenvalue weighted by Crippen LogP contribution is -2.31. The molecule has 0 amide bonds. The van der Waals surface area contributed by atoms with Crippen LogP contribution in [0.3, 0.4) is 0 Å². The van der Waals surface area contributed by atoms with Gasteiger partial charge in [0.2, 0.25) is 0 Å². The standard InChI is InChI=1S/C19H24N2S/c1-12-7-9-18(15(4)10-12)21-19(22)20-16(5)17-11-13(2)6-8-14(17)3/h6-11,16H,1-5H3,(H2,20,21,22)/t16-/m1/s1. The van der Waals surface area contributed by atoms with Crippen LogP contribution in [-0.4, -0.2) is 5.11 Å². The van der Waals surface area contributed by atoms with E-state index in [1.54, 1.807) is 0 Å². The zero-order valence-electron chi connectivity index (χ0n) is 13.9. The van der Waals surface area contributed by atoms with Crippen molar-refractivity contribution in [3.63, 3.8) is 0 Å². The Morgan fingerprint density at radius 3 is 2.23 bits per heavy atom. The van der Waals surface area contributed by atoms with Gasteiger partial charge in [-0.15, -0.1) is 0 Å². The van der Waals surface area contributed by atoms with Crippen molar-refractivity contribution >= 4 is 23.0 Å². The molecular weight excluding hydrogens is 288 g/mol. The molecule has 0 aliphatic carbocycles. The van der Waals surface area contributed by atoms with Gasteiger partial charge >= 0.3 is 0 Å². The van der Waals surface area contributed by atoms with E-state index >= 15 is 0 Å². The molecule has 1 atom stereocenters. The summed E-state index contributed by atoms with van der Waals surface area (Å²) in [7, 11) is 0. The van der Waals surface area contributed by atoms with Crippen molar-refractivity contribution in [2.75, 3.05) is 5.32 Å². The van der Waals surface area contributed by atoms with Crippen LogP contribution in [0.2, 0.25) is 0 Å². The normalized spacial score (nSPS) is 11.9. The molecule has 0 unspecified atom stereocenters. The van der Waals surface area contributed by atoms with Gasteiger partial charge in [-0.25, -0.2) is 0 Å². The summed E-state index contributed by atoms with van der Waals surface area (Å²) in [5.41, 5.74) is 7.33. The molecule has 3 heteroatoms. The largest absolute Gasteiger partial charge is 0.356 e. The molecule has 0 aromatic heterocycles. The predicted molar refractivity (Wildman–Crippen MR) is 99.6 cm³/mol. The molecule has 0 aliphatic rings.